The highest BCUT2D eigenvalue weighted by molar-refractivity contribution is 5.83. The molecule has 2 nitrogen and oxygen atoms in total. The summed E-state index contributed by atoms with van der Waals surface area (Å²) in [7, 11) is 0. The third kappa shape index (κ3) is 5.34. The van der Waals surface area contributed by atoms with E-state index in [4.69, 9.17) is 4.74 Å². The van der Waals surface area contributed by atoms with E-state index in [0.29, 0.717) is 16.7 Å². The maximum Gasteiger partial charge on any atom is 0.306 e. The zero-order chi connectivity index (χ0) is 20.1. The fourth-order valence-corrected chi connectivity index (χ4v) is 2.94. The van der Waals surface area contributed by atoms with Crippen LogP contribution in [0.15, 0.2) is 42.0 Å². The number of esters is 1. The Morgan fingerprint density at radius 1 is 1.26 bits per heavy atom. The molecule has 146 valence electrons. The van der Waals surface area contributed by atoms with Crippen molar-refractivity contribution in [2.45, 2.75) is 46.5 Å². The van der Waals surface area contributed by atoms with E-state index < -0.39 is 29.9 Å². The van der Waals surface area contributed by atoms with Gasteiger partial charge in [-0.3, -0.25) is 4.79 Å². The van der Waals surface area contributed by atoms with Crippen LogP contribution in [-0.4, -0.2) is 12.6 Å². The Bertz CT molecular complexity index is 802. The predicted octanol–water partition coefficient (Wildman–Crippen LogP) is 6.29. The van der Waals surface area contributed by atoms with Crippen LogP contribution in [0.2, 0.25) is 0 Å². The van der Waals surface area contributed by atoms with Crippen LogP contribution in [0.25, 0.3) is 5.57 Å². The standard InChI is InChI=1S/C22H25F3O2/c1-5-27-20(26)11-10-19(24)22(25)17(12-14(3)16-7-8-16)21-13(2)6-9-18(23)15(21)4/h6,9,12,16H,3,5,7-8,10-11H2,1-2,4H3/b17-12-,22-19+. The van der Waals surface area contributed by atoms with Crippen LogP contribution in [0, 0.1) is 25.6 Å². The van der Waals surface area contributed by atoms with Gasteiger partial charge in [-0.05, 0) is 68.4 Å². The Morgan fingerprint density at radius 2 is 1.93 bits per heavy atom. The third-order valence-electron chi connectivity index (χ3n) is 4.64. The molecule has 1 aromatic rings. The van der Waals surface area contributed by atoms with Crippen LogP contribution < -0.4 is 0 Å². The van der Waals surface area contributed by atoms with Crippen LogP contribution in [0.4, 0.5) is 13.2 Å². The molecule has 1 fully saturated rings. The quantitative estimate of drug-likeness (QED) is 0.393. The van der Waals surface area contributed by atoms with E-state index in [-0.39, 0.29) is 30.1 Å². The minimum Gasteiger partial charge on any atom is -0.466 e. The minimum atomic E-state index is -1.09. The number of hydrogen-bond acceptors (Lipinski definition) is 2. The molecule has 0 heterocycles. The van der Waals surface area contributed by atoms with Gasteiger partial charge in [-0.2, -0.15) is 0 Å². The fourth-order valence-electron chi connectivity index (χ4n) is 2.94. The van der Waals surface area contributed by atoms with E-state index >= 15 is 4.39 Å². The van der Waals surface area contributed by atoms with Gasteiger partial charge in [0.1, 0.15) is 11.6 Å². The van der Waals surface area contributed by atoms with E-state index in [1.807, 2.05) is 0 Å². The number of ether oxygens (including phenoxy) is 1. The van der Waals surface area contributed by atoms with Gasteiger partial charge in [0.2, 0.25) is 0 Å². The summed E-state index contributed by atoms with van der Waals surface area (Å²) in [5.74, 6) is -2.96. The summed E-state index contributed by atoms with van der Waals surface area (Å²) in [6.45, 7) is 9.03. The lowest BCUT2D eigenvalue weighted by atomic mass is 9.92. The Balaban J connectivity index is 2.44. The van der Waals surface area contributed by atoms with Crippen LogP contribution in [-0.2, 0) is 9.53 Å². The van der Waals surface area contributed by atoms with Crippen LogP contribution in [0.1, 0.15) is 49.3 Å². The van der Waals surface area contributed by atoms with E-state index in [2.05, 4.69) is 6.58 Å². The monoisotopic (exact) mass is 378 g/mol. The molecule has 5 heteroatoms. The first-order chi connectivity index (χ1) is 12.8. The number of allylic oxidation sites excluding steroid dienone is 5. The molecule has 1 aromatic carbocycles. The maximum atomic E-state index is 15.0. The van der Waals surface area contributed by atoms with Gasteiger partial charge in [0.25, 0.3) is 0 Å². The van der Waals surface area contributed by atoms with Crippen molar-refractivity contribution in [3.05, 3.63) is 64.5 Å². The van der Waals surface area contributed by atoms with Crippen molar-refractivity contribution in [2.24, 2.45) is 5.92 Å². The number of halogens is 3. The van der Waals surface area contributed by atoms with Crippen molar-refractivity contribution in [2.75, 3.05) is 6.61 Å². The number of benzene rings is 1. The molecule has 1 aliphatic carbocycles. The lowest BCUT2D eigenvalue weighted by molar-refractivity contribution is -0.143. The molecule has 0 radical (unpaired) electrons. The zero-order valence-electron chi connectivity index (χ0n) is 16.0. The molecule has 0 amide bonds. The average Bonchev–Trinajstić information content (AvgIpc) is 3.47. The normalized spacial score (nSPS) is 15.4. The van der Waals surface area contributed by atoms with Crippen molar-refractivity contribution in [1.82, 2.24) is 0 Å². The van der Waals surface area contributed by atoms with E-state index in [1.54, 1.807) is 13.8 Å². The minimum absolute atomic E-state index is 0.0252. The lowest BCUT2D eigenvalue weighted by Gasteiger charge is -2.15. The summed E-state index contributed by atoms with van der Waals surface area (Å²) in [6, 6.07) is 2.84. The molecule has 27 heavy (non-hydrogen) atoms. The second-order valence-electron chi connectivity index (χ2n) is 6.80. The molecular formula is C22H25F3O2. The van der Waals surface area contributed by atoms with Gasteiger partial charge in [0.05, 0.1) is 13.0 Å². The smallest absolute Gasteiger partial charge is 0.306 e. The number of aryl methyl sites for hydroxylation is 1. The van der Waals surface area contributed by atoms with Gasteiger partial charge >= 0.3 is 5.97 Å². The highest BCUT2D eigenvalue weighted by atomic mass is 19.2. The summed E-state index contributed by atoms with van der Waals surface area (Å²) in [5, 5.41) is 0. The first-order valence-electron chi connectivity index (χ1n) is 9.12. The number of rotatable bonds is 8. The molecule has 0 unspecified atom stereocenters. The Morgan fingerprint density at radius 3 is 2.52 bits per heavy atom. The second kappa shape index (κ2) is 9.07. The Hall–Kier alpha value is -2.30. The first kappa shape index (κ1) is 21.0. The average molecular weight is 378 g/mol. The summed E-state index contributed by atoms with van der Waals surface area (Å²) in [6.07, 6.45) is 2.75. The van der Waals surface area contributed by atoms with Crippen LogP contribution in [0.5, 0.6) is 0 Å². The molecule has 0 aromatic heterocycles. The van der Waals surface area contributed by atoms with Gasteiger partial charge in [-0.15, -0.1) is 0 Å². The van der Waals surface area contributed by atoms with Gasteiger partial charge < -0.3 is 4.74 Å². The molecular weight excluding hydrogens is 353 g/mol. The molecule has 0 N–H and O–H groups in total. The van der Waals surface area contributed by atoms with Crippen LogP contribution in [0.3, 0.4) is 0 Å². The third-order valence-corrected chi connectivity index (χ3v) is 4.64. The highest BCUT2D eigenvalue weighted by Crippen LogP contribution is 2.40. The van der Waals surface area contributed by atoms with E-state index in [0.717, 1.165) is 12.8 Å². The number of carbonyl (C=O) groups is 1. The highest BCUT2D eigenvalue weighted by Gasteiger charge is 2.26. The molecule has 1 saturated carbocycles. The van der Waals surface area contributed by atoms with Crippen molar-refractivity contribution in [1.29, 1.82) is 0 Å². The topological polar surface area (TPSA) is 26.3 Å². The maximum absolute atomic E-state index is 15.0. The van der Waals surface area contributed by atoms with E-state index in [9.17, 15) is 13.6 Å². The van der Waals surface area contributed by atoms with Crippen molar-refractivity contribution >= 4 is 11.5 Å². The summed E-state index contributed by atoms with van der Waals surface area (Å²) < 4.78 is 48.4. The van der Waals surface area contributed by atoms with Gasteiger partial charge in [-0.25, -0.2) is 13.2 Å². The largest absolute Gasteiger partial charge is 0.466 e. The summed E-state index contributed by atoms with van der Waals surface area (Å²) in [5.41, 5.74) is 1.88. The van der Waals surface area contributed by atoms with Crippen molar-refractivity contribution in [3.8, 4) is 0 Å². The van der Waals surface area contributed by atoms with Gasteiger partial charge in [0, 0.05) is 12.0 Å². The first-order valence-corrected chi connectivity index (χ1v) is 9.12. The molecule has 0 bridgehead atoms. The molecule has 1 aliphatic rings. The Labute approximate surface area is 158 Å². The number of carbonyl (C=O) groups excluding carboxylic acids is 1. The zero-order valence-corrected chi connectivity index (χ0v) is 16.0. The molecule has 0 saturated heterocycles. The molecule has 0 atom stereocenters. The van der Waals surface area contributed by atoms with Gasteiger partial charge in [-0.1, -0.05) is 18.2 Å². The van der Waals surface area contributed by atoms with Crippen LogP contribution >= 0.6 is 0 Å². The number of hydrogen-bond donors (Lipinski definition) is 0. The molecule has 0 aliphatic heterocycles. The summed E-state index contributed by atoms with van der Waals surface area (Å²) >= 11 is 0. The predicted molar refractivity (Wildman–Crippen MR) is 101 cm³/mol. The summed E-state index contributed by atoms with van der Waals surface area (Å²) in [4.78, 5) is 11.4. The van der Waals surface area contributed by atoms with E-state index in [1.165, 1.54) is 25.1 Å². The lowest BCUT2D eigenvalue weighted by Crippen LogP contribution is -2.04. The van der Waals surface area contributed by atoms with Crippen molar-refractivity contribution < 1.29 is 22.7 Å². The fraction of sp³-hybridized carbons (Fsp3) is 0.409. The molecule has 0 spiro atoms. The SMILES string of the molecule is C=C(/C=C(\C(F)=C(/F)CCC(=O)OCC)c1c(C)ccc(F)c1C)C1CC1. The van der Waals surface area contributed by atoms with Crippen molar-refractivity contribution in [3.63, 3.8) is 0 Å². The second-order valence-corrected chi connectivity index (χ2v) is 6.80. The Kier molecular flexibility index (Phi) is 7.05. The molecule has 2 rings (SSSR count). The van der Waals surface area contributed by atoms with Gasteiger partial charge in [0.15, 0.2) is 5.83 Å².